The number of hydrogen-bond acceptors (Lipinski definition) is 5. The third kappa shape index (κ3) is 8.83. The molecule has 1 atom stereocenters. The van der Waals surface area contributed by atoms with Crippen molar-refractivity contribution in [3.8, 4) is 5.75 Å². The lowest BCUT2D eigenvalue weighted by atomic mass is 10.1. The summed E-state index contributed by atoms with van der Waals surface area (Å²) in [6, 6.07) is 30.6. The Hall–Kier alpha value is -4.34. The fourth-order valence-corrected chi connectivity index (χ4v) is 5.05. The number of para-hydroxylation sites is 2. The number of carbonyl (C=O) groups excluding carboxylic acids is 3. The van der Waals surface area contributed by atoms with Crippen molar-refractivity contribution in [2.45, 2.75) is 24.0 Å². The molecule has 0 aliphatic rings. The number of carbonyl (C=O) groups is 3. The van der Waals surface area contributed by atoms with Gasteiger partial charge < -0.3 is 20.7 Å². The third-order valence-corrected chi connectivity index (χ3v) is 7.55. The monoisotopic (exact) mass is 643 g/mol. The van der Waals surface area contributed by atoms with Crippen LogP contribution in [0.1, 0.15) is 29.8 Å². The zero-order valence-corrected chi connectivity index (χ0v) is 25.5. The lowest BCUT2D eigenvalue weighted by Crippen LogP contribution is -2.30. The molecule has 0 saturated heterocycles. The van der Waals surface area contributed by atoms with E-state index in [9.17, 15) is 14.4 Å². The van der Waals surface area contributed by atoms with Crippen molar-refractivity contribution in [1.29, 1.82) is 0 Å². The number of anilines is 2. The highest BCUT2D eigenvalue weighted by molar-refractivity contribution is 9.10. The molecule has 3 N–H and O–H groups in total. The Morgan fingerprint density at radius 1 is 0.881 bits per heavy atom. The van der Waals surface area contributed by atoms with Gasteiger partial charge in [0.1, 0.15) is 11.4 Å². The number of benzene rings is 4. The molecule has 9 heteroatoms. The van der Waals surface area contributed by atoms with Crippen LogP contribution in [0.2, 0.25) is 0 Å². The minimum atomic E-state index is -0.484. The molecule has 0 aliphatic heterocycles. The van der Waals surface area contributed by atoms with E-state index in [2.05, 4.69) is 31.9 Å². The van der Waals surface area contributed by atoms with Gasteiger partial charge in [-0.25, -0.2) is 0 Å². The van der Waals surface area contributed by atoms with Crippen LogP contribution >= 0.6 is 27.7 Å². The third-order valence-electron chi connectivity index (χ3n) is 5.93. The molecule has 42 heavy (non-hydrogen) atoms. The van der Waals surface area contributed by atoms with Crippen LogP contribution in [0, 0.1) is 0 Å². The minimum Gasteiger partial charge on any atom is -0.492 e. The second-order valence-electron chi connectivity index (χ2n) is 9.09. The van der Waals surface area contributed by atoms with Gasteiger partial charge in [0.25, 0.3) is 11.8 Å². The number of hydrogen-bond donors (Lipinski definition) is 3. The van der Waals surface area contributed by atoms with E-state index in [-0.39, 0.29) is 11.6 Å². The van der Waals surface area contributed by atoms with E-state index in [0.29, 0.717) is 29.3 Å². The van der Waals surface area contributed by atoms with Gasteiger partial charge in [-0.15, -0.1) is 11.8 Å². The van der Waals surface area contributed by atoms with Crippen molar-refractivity contribution in [2.75, 3.05) is 17.2 Å². The number of halogens is 1. The van der Waals surface area contributed by atoms with Crippen molar-refractivity contribution < 1.29 is 19.1 Å². The smallest absolute Gasteiger partial charge is 0.272 e. The molecular formula is C33H30BrN3O4S. The average Bonchev–Trinajstić information content (AvgIpc) is 2.99. The Bertz CT molecular complexity index is 1580. The highest BCUT2D eigenvalue weighted by atomic mass is 79.9. The summed E-state index contributed by atoms with van der Waals surface area (Å²) in [5.41, 5.74) is 2.40. The molecule has 0 aromatic heterocycles. The largest absolute Gasteiger partial charge is 0.492 e. The van der Waals surface area contributed by atoms with Crippen LogP contribution in [0.5, 0.6) is 5.75 Å². The van der Waals surface area contributed by atoms with Gasteiger partial charge in [-0.2, -0.15) is 0 Å². The first-order chi connectivity index (χ1) is 20.3. The summed E-state index contributed by atoms with van der Waals surface area (Å²) in [6.45, 7) is 4.19. The summed E-state index contributed by atoms with van der Waals surface area (Å²) in [4.78, 5) is 40.0. The lowest BCUT2D eigenvalue weighted by molar-refractivity contribution is -0.115. The molecule has 3 amide bonds. The van der Waals surface area contributed by atoms with Crippen molar-refractivity contribution in [3.63, 3.8) is 0 Å². The summed E-state index contributed by atoms with van der Waals surface area (Å²) in [5.74, 6) is -0.446. The van der Waals surface area contributed by atoms with E-state index >= 15 is 0 Å². The number of amides is 3. The lowest BCUT2D eigenvalue weighted by Gasteiger charge is -2.15. The summed E-state index contributed by atoms with van der Waals surface area (Å²) >= 11 is 4.77. The maximum atomic E-state index is 13.4. The summed E-state index contributed by atoms with van der Waals surface area (Å²) in [5, 5.41) is 8.12. The predicted octanol–water partition coefficient (Wildman–Crippen LogP) is 7.38. The van der Waals surface area contributed by atoms with Crippen LogP contribution in [0.3, 0.4) is 0 Å². The van der Waals surface area contributed by atoms with Gasteiger partial charge in [0.15, 0.2) is 0 Å². The molecule has 0 fully saturated rings. The first-order valence-corrected chi connectivity index (χ1v) is 14.9. The molecule has 1 unspecified atom stereocenters. The molecule has 4 rings (SSSR count). The maximum Gasteiger partial charge on any atom is 0.272 e. The molecular weight excluding hydrogens is 614 g/mol. The van der Waals surface area contributed by atoms with Gasteiger partial charge in [-0.1, -0.05) is 64.5 Å². The van der Waals surface area contributed by atoms with Gasteiger partial charge >= 0.3 is 0 Å². The number of nitrogens with one attached hydrogen (secondary N) is 3. The Morgan fingerprint density at radius 3 is 2.33 bits per heavy atom. The van der Waals surface area contributed by atoms with Gasteiger partial charge in [-0.05, 0) is 80.1 Å². The normalized spacial score (nSPS) is 11.7. The molecule has 7 nitrogen and oxygen atoms in total. The summed E-state index contributed by atoms with van der Waals surface area (Å²) < 4.78 is 6.50. The fraction of sp³-hybridized carbons (Fsp3) is 0.121. The van der Waals surface area contributed by atoms with Gasteiger partial charge in [0.05, 0.1) is 17.5 Å². The molecule has 4 aromatic rings. The molecule has 0 aliphatic carbocycles. The van der Waals surface area contributed by atoms with E-state index in [0.717, 1.165) is 14.9 Å². The fourth-order valence-electron chi connectivity index (χ4n) is 3.86. The van der Waals surface area contributed by atoms with Crippen molar-refractivity contribution in [1.82, 2.24) is 5.32 Å². The molecule has 0 heterocycles. The Labute approximate surface area is 257 Å². The van der Waals surface area contributed by atoms with Crippen molar-refractivity contribution >= 4 is 62.9 Å². The number of thioether (sulfide) groups is 1. The summed E-state index contributed by atoms with van der Waals surface area (Å²) in [7, 11) is 0. The van der Waals surface area contributed by atoms with Crippen LogP contribution in [0.25, 0.3) is 6.08 Å². The van der Waals surface area contributed by atoms with Crippen molar-refractivity contribution in [3.05, 3.63) is 124 Å². The predicted molar refractivity (Wildman–Crippen MR) is 173 cm³/mol. The Kier molecular flexibility index (Phi) is 11.0. The van der Waals surface area contributed by atoms with Crippen LogP contribution < -0.4 is 20.7 Å². The number of ether oxygens (including phenoxy) is 1. The standard InChI is InChI=1S/C33H30BrN3O4S/c1-3-41-30-15-8-7-14-28(30)36-31(38)22(2)42-27-13-9-12-26(21-27)35-33(40)29(20-23-16-18-25(34)19-17-23)37-32(39)24-10-5-4-6-11-24/h4-22H,3H2,1-2H3,(H,35,40)(H,36,38)(H,37,39)/b29-20+. The minimum absolute atomic E-state index is 0.0879. The van der Waals surface area contributed by atoms with Gasteiger partial charge in [0, 0.05) is 20.6 Å². The zero-order chi connectivity index (χ0) is 29.9. The quantitative estimate of drug-likeness (QED) is 0.117. The Balaban J connectivity index is 1.47. The molecule has 0 spiro atoms. The average molecular weight is 645 g/mol. The van der Waals surface area contributed by atoms with E-state index in [1.807, 2.05) is 68.4 Å². The van der Waals surface area contributed by atoms with E-state index < -0.39 is 17.1 Å². The first-order valence-electron chi connectivity index (χ1n) is 13.3. The topological polar surface area (TPSA) is 96.5 Å². The molecule has 0 bridgehead atoms. The molecule has 214 valence electrons. The Morgan fingerprint density at radius 2 is 1.60 bits per heavy atom. The van der Waals surface area contributed by atoms with Gasteiger partial charge in [0.2, 0.25) is 5.91 Å². The highest BCUT2D eigenvalue weighted by Gasteiger charge is 2.18. The van der Waals surface area contributed by atoms with Crippen LogP contribution in [-0.4, -0.2) is 29.6 Å². The molecule has 0 saturated carbocycles. The van der Waals surface area contributed by atoms with Crippen molar-refractivity contribution in [2.24, 2.45) is 0 Å². The second-order valence-corrected chi connectivity index (χ2v) is 11.4. The highest BCUT2D eigenvalue weighted by Crippen LogP contribution is 2.29. The zero-order valence-electron chi connectivity index (χ0n) is 23.1. The van der Waals surface area contributed by atoms with Gasteiger partial charge in [-0.3, -0.25) is 14.4 Å². The van der Waals surface area contributed by atoms with Crippen LogP contribution in [-0.2, 0) is 9.59 Å². The summed E-state index contributed by atoms with van der Waals surface area (Å²) in [6.07, 6.45) is 1.62. The van der Waals surface area contributed by atoms with Crippen LogP contribution in [0.4, 0.5) is 11.4 Å². The first kappa shape index (κ1) is 30.6. The SMILES string of the molecule is CCOc1ccccc1NC(=O)C(C)Sc1cccc(NC(=O)/C(=C\c2ccc(Br)cc2)NC(=O)c2ccccc2)c1. The van der Waals surface area contributed by atoms with Crippen LogP contribution in [0.15, 0.2) is 118 Å². The van der Waals surface area contributed by atoms with E-state index in [1.54, 1.807) is 54.6 Å². The van der Waals surface area contributed by atoms with E-state index in [1.165, 1.54) is 11.8 Å². The van der Waals surface area contributed by atoms with E-state index in [4.69, 9.17) is 4.74 Å². The second kappa shape index (κ2) is 15.0. The maximum absolute atomic E-state index is 13.4. The number of rotatable bonds is 11. The molecule has 4 aromatic carbocycles. The molecule has 0 radical (unpaired) electrons.